The summed E-state index contributed by atoms with van der Waals surface area (Å²) in [5, 5.41) is 3.70. The van der Waals surface area contributed by atoms with Gasteiger partial charge in [-0.2, -0.15) is 11.8 Å². The lowest BCUT2D eigenvalue weighted by molar-refractivity contribution is 0.0511. The molecule has 2 saturated heterocycles. The Bertz CT molecular complexity index is 588. The summed E-state index contributed by atoms with van der Waals surface area (Å²) in [6.07, 6.45) is 2.12. The molecule has 6 heteroatoms. The smallest absolute Gasteiger partial charge is 0.193 e. The van der Waals surface area contributed by atoms with Crippen LogP contribution in [-0.2, 0) is 10.2 Å². The van der Waals surface area contributed by atoms with E-state index in [-0.39, 0.29) is 34.1 Å². The fourth-order valence-electron chi connectivity index (χ4n) is 3.90. The van der Waals surface area contributed by atoms with Crippen molar-refractivity contribution in [3.8, 4) is 0 Å². The van der Waals surface area contributed by atoms with Gasteiger partial charge < -0.3 is 15.0 Å². The third-order valence-electron chi connectivity index (χ3n) is 5.36. The van der Waals surface area contributed by atoms with Gasteiger partial charge in [-0.3, -0.25) is 4.99 Å². The summed E-state index contributed by atoms with van der Waals surface area (Å²) in [5.74, 6) is 2.20. The van der Waals surface area contributed by atoms with E-state index >= 15 is 0 Å². The minimum atomic E-state index is 0. The first-order chi connectivity index (χ1) is 12.0. The zero-order valence-electron chi connectivity index (χ0n) is 16.2. The molecule has 2 fully saturated rings. The summed E-state index contributed by atoms with van der Waals surface area (Å²) < 4.78 is 5.94. The maximum absolute atomic E-state index is 5.65. The Morgan fingerprint density at radius 1 is 1.23 bits per heavy atom. The topological polar surface area (TPSA) is 36.9 Å². The van der Waals surface area contributed by atoms with Crippen LogP contribution in [0.4, 0.5) is 0 Å². The summed E-state index contributed by atoms with van der Waals surface area (Å²) >= 11 is 2.05. The molecule has 0 unspecified atom stereocenters. The van der Waals surface area contributed by atoms with Crippen LogP contribution in [-0.4, -0.2) is 61.3 Å². The lowest BCUT2D eigenvalue weighted by atomic mass is 9.74. The highest BCUT2D eigenvalue weighted by Crippen LogP contribution is 2.34. The van der Waals surface area contributed by atoms with E-state index in [4.69, 9.17) is 4.74 Å². The van der Waals surface area contributed by atoms with E-state index < -0.39 is 0 Å². The average Bonchev–Trinajstić information content (AvgIpc) is 2.63. The number of guanidine groups is 1. The molecule has 2 aliphatic heterocycles. The fraction of sp³-hybridized carbons (Fsp3) is 0.650. The lowest BCUT2D eigenvalue weighted by Gasteiger charge is -2.42. The number of rotatable bonds is 3. The molecule has 0 atom stereocenters. The molecule has 1 aromatic rings. The van der Waals surface area contributed by atoms with Gasteiger partial charge in [0.25, 0.3) is 0 Å². The normalized spacial score (nSPS) is 22.4. The second-order valence-electron chi connectivity index (χ2n) is 7.69. The maximum atomic E-state index is 5.65. The van der Waals surface area contributed by atoms with Crippen LogP contribution in [0.25, 0.3) is 0 Å². The molecular formula is C20H32IN3OS. The summed E-state index contributed by atoms with van der Waals surface area (Å²) in [6.45, 7) is 9.33. The Kier molecular flexibility index (Phi) is 8.09. The molecule has 2 heterocycles. The number of nitrogens with one attached hydrogen (secondary N) is 1. The van der Waals surface area contributed by atoms with Crippen molar-refractivity contribution in [2.45, 2.75) is 36.9 Å². The SMILES string of the molecule is CN=C(NCC1(c2ccccc2)CCOCC1)N1CCSC(C)(C)C1.I. The van der Waals surface area contributed by atoms with E-state index in [1.54, 1.807) is 0 Å². The number of hydrogen-bond acceptors (Lipinski definition) is 3. The monoisotopic (exact) mass is 489 g/mol. The van der Waals surface area contributed by atoms with E-state index in [2.05, 4.69) is 71.2 Å². The van der Waals surface area contributed by atoms with Crippen molar-refractivity contribution in [1.82, 2.24) is 10.2 Å². The zero-order chi connectivity index (χ0) is 17.8. The van der Waals surface area contributed by atoms with Crippen molar-refractivity contribution >= 4 is 41.7 Å². The Morgan fingerprint density at radius 2 is 1.92 bits per heavy atom. The average molecular weight is 489 g/mol. The predicted octanol–water partition coefficient (Wildman–Crippen LogP) is 3.76. The lowest BCUT2D eigenvalue weighted by Crippen LogP contribution is -2.54. The van der Waals surface area contributed by atoms with Gasteiger partial charge in [0.1, 0.15) is 0 Å². The van der Waals surface area contributed by atoms with E-state index in [9.17, 15) is 0 Å². The molecule has 4 nitrogen and oxygen atoms in total. The molecule has 0 amide bonds. The van der Waals surface area contributed by atoms with Crippen LogP contribution in [0.3, 0.4) is 0 Å². The highest BCUT2D eigenvalue weighted by molar-refractivity contribution is 14.0. The zero-order valence-corrected chi connectivity index (χ0v) is 19.3. The second-order valence-corrected chi connectivity index (χ2v) is 9.49. The van der Waals surface area contributed by atoms with Crippen LogP contribution >= 0.6 is 35.7 Å². The maximum Gasteiger partial charge on any atom is 0.193 e. The standard InChI is InChI=1S/C20H31N3OS.HI/c1-19(2)16-23(11-14-25-19)18(21-3)22-15-20(9-12-24-13-10-20)17-7-5-4-6-8-17;/h4-8H,9-16H2,1-3H3,(H,21,22);1H. The minimum absolute atomic E-state index is 0. The van der Waals surface area contributed by atoms with Gasteiger partial charge in [-0.1, -0.05) is 30.3 Å². The fourth-order valence-corrected chi connectivity index (χ4v) is 5.01. The molecule has 0 saturated carbocycles. The Hall–Kier alpha value is -0.470. The Balaban J connectivity index is 0.00000243. The predicted molar refractivity (Wildman–Crippen MR) is 123 cm³/mol. The highest BCUT2D eigenvalue weighted by Gasteiger charge is 2.35. The highest BCUT2D eigenvalue weighted by atomic mass is 127. The van der Waals surface area contributed by atoms with Gasteiger partial charge in [0, 0.05) is 55.8 Å². The molecule has 0 bridgehead atoms. The number of ether oxygens (including phenoxy) is 1. The first kappa shape index (κ1) is 21.8. The molecule has 0 aliphatic carbocycles. The first-order valence-corrected chi connectivity index (χ1v) is 10.3. The molecule has 3 rings (SSSR count). The number of benzene rings is 1. The van der Waals surface area contributed by atoms with Crippen molar-refractivity contribution < 1.29 is 4.74 Å². The van der Waals surface area contributed by atoms with E-state index in [0.717, 1.165) is 57.4 Å². The molecular weight excluding hydrogens is 457 g/mol. The van der Waals surface area contributed by atoms with Crippen molar-refractivity contribution in [1.29, 1.82) is 0 Å². The minimum Gasteiger partial charge on any atom is -0.381 e. The van der Waals surface area contributed by atoms with Gasteiger partial charge in [0.15, 0.2) is 5.96 Å². The third kappa shape index (κ3) is 5.29. The number of nitrogens with zero attached hydrogens (tertiary/aromatic N) is 2. The van der Waals surface area contributed by atoms with Gasteiger partial charge >= 0.3 is 0 Å². The van der Waals surface area contributed by atoms with Crippen LogP contribution < -0.4 is 5.32 Å². The molecule has 146 valence electrons. The van der Waals surface area contributed by atoms with Crippen LogP contribution in [0.5, 0.6) is 0 Å². The van der Waals surface area contributed by atoms with Gasteiger partial charge in [-0.05, 0) is 32.3 Å². The quantitative estimate of drug-likeness (QED) is 0.399. The summed E-state index contributed by atoms with van der Waals surface area (Å²) in [5.41, 5.74) is 1.55. The molecule has 0 aromatic heterocycles. The van der Waals surface area contributed by atoms with Gasteiger partial charge in [0.2, 0.25) is 0 Å². The Morgan fingerprint density at radius 3 is 2.54 bits per heavy atom. The number of hydrogen-bond donors (Lipinski definition) is 1. The summed E-state index contributed by atoms with van der Waals surface area (Å²) in [6, 6.07) is 10.9. The summed E-state index contributed by atoms with van der Waals surface area (Å²) in [4.78, 5) is 6.99. The number of halogens is 1. The largest absolute Gasteiger partial charge is 0.381 e. The van der Waals surface area contributed by atoms with Crippen LogP contribution in [0.15, 0.2) is 35.3 Å². The third-order valence-corrected chi connectivity index (χ3v) is 6.66. The number of thioether (sulfide) groups is 1. The van der Waals surface area contributed by atoms with Gasteiger partial charge in [0.05, 0.1) is 0 Å². The molecule has 1 aromatic carbocycles. The van der Waals surface area contributed by atoms with Crippen molar-refractivity contribution in [2.24, 2.45) is 4.99 Å². The molecule has 0 spiro atoms. The molecule has 26 heavy (non-hydrogen) atoms. The number of aliphatic imine (C=N–C) groups is 1. The van der Waals surface area contributed by atoms with E-state index in [0.29, 0.717) is 0 Å². The van der Waals surface area contributed by atoms with E-state index in [1.165, 1.54) is 5.56 Å². The molecule has 1 N–H and O–H groups in total. The van der Waals surface area contributed by atoms with Gasteiger partial charge in [-0.15, -0.1) is 24.0 Å². The van der Waals surface area contributed by atoms with Crippen molar-refractivity contribution in [2.75, 3.05) is 45.6 Å². The first-order valence-electron chi connectivity index (χ1n) is 9.28. The molecule has 0 radical (unpaired) electrons. The summed E-state index contributed by atoms with van der Waals surface area (Å²) in [7, 11) is 1.90. The van der Waals surface area contributed by atoms with Crippen LogP contribution in [0, 0.1) is 0 Å². The van der Waals surface area contributed by atoms with E-state index in [1.807, 2.05) is 7.05 Å². The second kappa shape index (κ2) is 9.64. The Labute approximate surface area is 179 Å². The van der Waals surface area contributed by atoms with Crippen molar-refractivity contribution in [3.63, 3.8) is 0 Å². The molecule has 2 aliphatic rings. The van der Waals surface area contributed by atoms with Gasteiger partial charge in [-0.25, -0.2) is 0 Å². The van der Waals surface area contributed by atoms with Crippen molar-refractivity contribution in [3.05, 3.63) is 35.9 Å². The van der Waals surface area contributed by atoms with Crippen LogP contribution in [0.2, 0.25) is 0 Å². The van der Waals surface area contributed by atoms with Crippen LogP contribution in [0.1, 0.15) is 32.3 Å².